The van der Waals surface area contributed by atoms with E-state index in [2.05, 4.69) is 6.58 Å². The van der Waals surface area contributed by atoms with Crippen LogP contribution in [0.1, 0.15) is 95.8 Å². The van der Waals surface area contributed by atoms with Crippen molar-refractivity contribution in [3.63, 3.8) is 0 Å². The molecule has 1 aromatic carbocycles. The molecule has 0 heterocycles. The maximum Gasteiger partial charge on any atom is 0.209 e. The van der Waals surface area contributed by atoms with Crippen molar-refractivity contribution in [1.82, 2.24) is 0 Å². The first-order chi connectivity index (χ1) is 17.7. The number of hydrogen-bond donors (Lipinski definition) is 4. The molecule has 7 nitrogen and oxygen atoms in total. The number of rotatable bonds is 3. The van der Waals surface area contributed by atoms with Crippen molar-refractivity contribution in [2.45, 2.75) is 86.2 Å². The molecule has 7 heteroatoms. The third-order valence-electron chi connectivity index (χ3n) is 9.27. The van der Waals surface area contributed by atoms with E-state index in [1.807, 2.05) is 47.6 Å². The van der Waals surface area contributed by atoms with Crippen LogP contribution in [0.5, 0.6) is 5.75 Å². The summed E-state index contributed by atoms with van der Waals surface area (Å²) in [6.45, 7) is 19.8. The predicted octanol–water partition coefficient (Wildman–Crippen LogP) is 5.68. The van der Waals surface area contributed by atoms with Crippen LogP contribution in [-0.4, -0.2) is 43.4 Å². The van der Waals surface area contributed by atoms with Crippen LogP contribution in [0, 0.1) is 22.7 Å². The van der Waals surface area contributed by atoms with Crippen molar-refractivity contribution in [2.75, 3.05) is 0 Å². The summed E-state index contributed by atoms with van der Waals surface area (Å²) in [5.41, 5.74) is -3.75. The highest BCUT2D eigenvalue weighted by molar-refractivity contribution is 6.25. The van der Waals surface area contributed by atoms with Crippen LogP contribution in [-0.2, 0) is 21.4 Å². The molecule has 210 valence electrons. The Labute approximate surface area is 229 Å². The highest BCUT2D eigenvalue weighted by Crippen LogP contribution is 2.65. The lowest BCUT2D eigenvalue weighted by Gasteiger charge is -2.59. The predicted molar refractivity (Wildman–Crippen MR) is 149 cm³/mol. The summed E-state index contributed by atoms with van der Waals surface area (Å²) >= 11 is 0. The molecule has 4 rings (SSSR count). The Morgan fingerprint density at radius 2 is 1.67 bits per heavy atom. The number of Topliss-reactive ketones (excluding diaryl/α,β-unsaturated/α-hetero) is 3. The number of phenols is 1. The molecule has 0 amide bonds. The highest BCUT2D eigenvalue weighted by Gasteiger charge is 2.71. The zero-order valence-electron chi connectivity index (χ0n) is 24.4. The summed E-state index contributed by atoms with van der Waals surface area (Å²) in [6, 6.07) is 1.86. The second-order valence-corrected chi connectivity index (χ2v) is 13.7. The largest absolute Gasteiger partial charge is 0.511 e. The van der Waals surface area contributed by atoms with Gasteiger partial charge in [-0.25, -0.2) is 0 Å². The van der Waals surface area contributed by atoms with Gasteiger partial charge in [0.2, 0.25) is 5.78 Å². The lowest BCUT2D eigenvalue weighted by atomic mass is 9.44. The number of ketones is 3. The van der Waals surface area contributed by atoms with E-state index in [-0.39, 0.29) is 35.6 Å². The Morgan fingerprint density at radius 3 is 2.13 bits per heavy atom. The number of aliphatic hydroxyl groups is 3. The maximum absolute atomic E-state index is 14.3. The Kier molecular flexibility index (Phi) is 6.21. The molecular formula is C32H40O7. The fraction of sp³-hybridized carbons (Fsp3) is 0.531. The number of hydrogen-bond acceptors (Lipinski definition) is 7. The SMILES string of the molecule is C=C(C)c1cc(C(C)(C)C)c(O)c2c1C[C@]1(C)C[C@]3(C)C(C(C)C)C(O)=C(C(C)=O)C(=O)[C@]3(O)C(O)=C1C2=O. The first-order valence-corrected chi connectivity index (χ1v) is 13.4. The third-order valence-corrected chi connectivity index (χ3v) is 9.27. The number of carbonyl (C=O) groups excluding carboxylic acids is 3. The van der Waals surface area contributed by atoms with Gasteiger partial charge in [0.15, 0.2) is 17.2 Å². The molecule has 0 saturated carbocycles. The Morgan fingerprint density at radius 1 is 1.10 bits per heavy atom. The van der Waals surface area contributed by atoms with Gasteiger partial charge in [0.1, 0.15) is 22.8 Å². The number of aromatic hydroxyl groups is 1. The van der Waals surface area contributed by atoms with E-state index >= 15 is 0 Å². The molecular weight excluding hydrogens is 496 g/mol. The van der Waals surface area contributed by atoms with Gasteiger partial charge in [-0.2, -0.15) is 0 Å². The molecule has 0 radical (unpaired) electrons. The average molecular weight is 537 g/mol. The molecule has 3 aliphatic carbocycles. The van der Waals surface area contributed by atoms with Crippen LogP contribution in [0.2, 0.25) is 0 Å². The van der Waals surface area contributed by atoms with E-state index in [0.29, 0.717) is 16.7 Å². The zero-order valence-corrected chi connectivity index (χ0v) is 24.4. The van der Waals surface area contributed by atoms with Crippen LogP contribution < -0.4 is 0 Å². The van der Waals surface area contributed by atoms with E-state index in [1.54, 1.807) is 13.8 Å². The minimum absolute atomic E-state index is 0.0282. The second-order valence-electron chi connectivity index (χ2n) is 13.7. The summed E-state index contributed by atoms with van der Waals surface area (Å²) in [7, 11) is 0. The van der Waals surface area contributed by atoms with Crippen LogP contribution in [0.4, 0.5) is 0 Å². The molecule has 0 saturated heterocycles. The quantitative estimate of drug-likeness (QED) is 0.366. The molecule has 4 atom stereocenters. The summed E-state index contributed by atoms with van der Waals surface area (Å²) in [5.74, 6) is -5.11. The van der Waals surface area contributed by atoms with Crippen molar-refractivity contribution < 1.29 is 34.8 Å². The highest BCUT2D eigenvalue weighted by atomic mass is 16.3. The fourth-order valence-corrected chi connectivity index (χ4v) is 7.75. The number of fused-ring (bicyclic) bond motifs is 3. The van der Waals surface area contributed by atoms with Crippen molar-refractivity contribution in [1.29, 1.82) is 0 Å². The van der Waals surface area contributed by atoms with Gasteiger partial charge in [-0.05, 0) is 55.2 Å². The van der Waals surface area contributed by atoms with E-state index in [9.17, 15) is 34.8 Å². The summed E-state index contributed by atoms with van der Waals surface area (Å²) < 4.78 is 0. The van der Waals surface area contributed by atoms with Crippen molar-refractivity contribution in [2.24, 2.45) is 22.7 Å². The summed E-state index contributed by atoms with van der Waals surface area (Å²) in [4.78, 5) is 40.6. The van der Waals surface area contributed by atoms with E-state index < -0.39 is 62.2 Å². The molecule has 1 unspecified atom stereocenters. The molecule has 0 bridgehead atoms. The number of aliphatic hydroxyl groups excluding tert-OH is 2. The fourth-order valence-electron chi connectivity index (χ4n) is 7.75. The molecule has 4 N–H and O–H groups in total. The first-order valence-electron chi connectivity index (χ1n) is 13.4. The Bertz CT molecular complexity index is 1430. The average Bonchev–Trinajstić information content (AvgIpc) is 2.74. The molecule has 1 aromatic rings. The van der Waals surface area contributed by atoms with Crippen LogP contribution in [0.25, 0.3) is 5.57 Å². The topological polar surface area (TPSA) is 132 Å². The molecule has 39 heavy (non-hydrogen) atoms. The van der Waals surface area contributed by atoms with Gasteiger partial charge in [0.05, 0.1) is 5.56 Å². The van der Waals surface area contributed by atoms with Gasteiger partial charge < -0.3 is 20.4 Å². The van der Waals surface area contributed by atoms with E-state index in [0.717, 1.165) is 12.5 Å². The van der Waals surface area contributed by atoms with Crippen LogP contribution in [0.3, 0.4) is 0 Å². The van der Waals surface area contributed by atoms with Crippen molar-refractivity contribution in [3.05, 3.63) is 57.6 Å². The smallest absolute Gasteiger partial charge is 0.209 e. The van der Waals surface area contributed by atoms with Gasteiger partial charge in [-0.3, -0.25) is 14.4 Å². The molecule has 0 fully saturated rings. The molecule has 3 aliphatic rings. The number of carbonyl (C=O) groups is 3. The van der Waals surface area contributed by atoms with E-state index in [1.165, 1.54) is 0 Å². The monoisotopic (exact) mass is 536 g/mol. The molecule has 0 spiro atoms. The second kappa shape index (κ2) is 8.40. The number of phenolic OH excluding ortho intramolecular Hbond substituents is 1. The molecule has 0 aliphatic heterocycles. The Hall–Kier alpha value is -3.19. The standard InChI is InChI=1S/C32H40O7/c1-14(2)17-11-19(29(6,7)8)24(34)21-18(17)12-30(9)13-31(10)22(15(3)4)25(35)20(16(5)33)27(37)32(31,39)28(38)23(30)26(21)36/h11,15,22,34-35,38-39H,1,12-13H2,2-10H3/t22?,30-,31-,32+/m1/s1. The van der Waals surface area contributed by atoms with Gasteiger partial charge in [0.25, 0.3) is 0 Å². The minimum Gasteiger partial charge on any atom is -0.511 e. The van der Waals surface area contributed by atoms with Gasteiger partial charge in [-0.1, -0.05) is 60.6 Å². The van der Waals surface area contributed by atoms with E-state index in [4.69, 9.17) is 0 Å². The normalized spacial score (nSPS) is 30.8. The number of allylic oxidation sites excluding steroid dienone is 3. The van der Waals surface area contributed by atoms with Crippen molar-refractivity contribution >= 4 is 22.9 Å². The van der Waals surface area contributed by atoms with Crippen LogP contribution >= 0.6 is 0 Å². The first kappa shape index (κ1) is 28.8. The van der Waals surface area contributed by atoms with Crippen molar-refractivity contribution in [3.8, 4) is 5.75 Å². The van der Waals surface area contributed by atoms with Gasteiger partial charge in [0, 0.05) is 27.9 Å². The molecule has 0 aromatic heterocycles. The van der Waals surface area contributed by atoms with Gasteiger partial charge >= 0.3 is 0 Å². The maximum atomic E-state index is 14.3. The minimum atomic E-state index is -2.62. The van der Waals surface area contributed by atoms with Crippen LogP contribution in [0.15, 0.2) is 35.3 Å². The van der Waals surface area contributed by atoms with Gasteiger partial charge in [-0.15, -0.1) is 0 Å². The Balaban J connectivity index is 2.13. The summed E-state index contributed by atoms with van der Waals surface area (Å²) in [5, 5.41) is 46.6. The lowest BCUT2D eigenvalue weighted by Crippen LogP contribution is -2.67. The third kappa shape index (κ3) is 3.55. The number of benzene rings is 1. The lowest BCUT2D eigenvalue weighted by molar-refractivity contribution is -0.171. The summed E-state index contributed by atoms with van der Waals surface area (Å²) in [6.07, 6.45) is 0.282. The zero-order chi connectivity index (χ0) is 29.8.